The van der Waals surface area contributed by atoms with Crippen molar-refractivity contribution in [1.29, 1.82) is 5.26 Å². The number of nitriles is 1. The van der Waals surface area contributed by atoms with Gasteiger partial charge in [-0.1, -0.05) is 0 Å². The molecule has 0 unspecified atom stereocenters. The van der Waals surface area contributed by atoms with E-state index in [1.54, 1.807) is 0 Å². The predicted octanol–water partition coefficient (Wildman–Crippen LogP) is 2.63. The van der Waals surface area contributed by atoms with Gasteiger partial charge in [0.1, 0.15) is 0 Å². The maximum atomic E-state index is 8.94. The third-order valence-electron chi connectivity index (χ3n) is 3.45. The maximum absolute atomic E-state index is 8.94. The Morgan fingerprint density at radius 3 is 2.75 bits per heavy atom. The minimum atomic E-state index is 0.600. The van der Waals surface area contributed by atoms with Crippen molar-refractivity contribution in [1.82, 2.24) is 4.90 Å². The van der Waals surface area contributed by atoms with Crippen LogP contribution >= 0.6 is 0 Å². The second-order valence-electron chi connectivity index (χ2n) is 4.86. The van der Waals surface area contributed by atoms with Crippen LogP contribution in [-0.2, 0) is 13.0 Å². The average molecular weight is 214 g/mol. The number of benzene rings is 1. The van der Waals surface area contributed by atoms with E-state index in [0.717, 1.165) is 25.1 Å². The standard InChI is InChI=1S/C14H18N2/c1-10(2)16-5-4-13-7-12(8-15)6-11(3)14(13)9-16/h6-7,10H,4-5,9H2,1-3H3. The van der Waals surface area contributed by atoms with Crippen molar-refractivity contribution in [3.63, 3.8) is 0 Å². The predicted molar refractivity (Wildman–Crippen MR) is 65.1 cm³/mol. The molecular formula is C14H18N2. The minimum Gasteiger partial charge on any atom is -0.296 e. The SMILES string of the molecule is Cc1cc(C#N)cc2c1CN(C(C)C)CC2. The Morgan fingerprint density at radius 1 is 1.38 bits per heavy atom. The second kappa shape index (κ2) is 4.27. The van der Waals surface area contributed by atoms with Crippen molar-refractivity contribution >= 4 is 0 Å². The molecule has 0 radical (unpaired) electrons. The van der Waals surface area contributed by atoms with Crippen molar-refractivity contribution in [3.05, 3.63) is 34.4 Å². The molecule has 0 atom stereocenters. The summed E-state index contributed by atoms with van der Waals surface area (Å²) in [6.07, 6.45) is 1.07. The summed E-state index contributed by atoms with van der Waals surface area (Å²) in [7, 11) is 0. The molecule has 16 heavy (non-hydrogen) atoms. The molecule has 2 nitrogen and oxygen atoms in total. The lowest BCUT2D eigenvalue weighted by molar-refractivity contribution is 0.203. The molecule has 1 aliphatic heterocycles. The summed E-state index contributed by atoms with van der Waals surface area (Å²) in [6, 6.07) is 6.90. The van der Waals surface area contributed by atoms with Crippen molar-refractivity contribution in [2.24, 2.45) is 0 Å². The van der Waals surface area contributed by atoms with Gasteiger partial charge in [-0.2, -0.15) is 5.26 Å². The zero-order chi connectivity index (χ0) is 11.7. The summed E-state index contributed by atoms with van der Waals surface area (Å²) >= 11 is 0. The van der Waals surface area contributed by atoms with Gasteiger partial charge in [-0.3, -0.25) is 4.90 Å². The van der Waals surface area contributed by atoms with Crippen LogP contribution in [0.5, 0.6) is 0 Å². The third kappa shape index (κ3) is 1.96. The van der Waals surface area contributed by atoms with E-state index in [9.17, 15) is 0 Å². The molecule has 2 heteroatoms. The molecule has 0 N–H and O–H groups in total. The Labute approximate surface area is 97.5 Å². The summed E-state index contributed by atoms with van der Waals surface area (Å²) < 4.78 is 0. The lowest BCUT2D eigenvalue weighted by atomic mass is 9.93. The van der Waals surface area contributed by atoms with Crippen LogP contribution in [-0.4, -0.2) is 17.5 Å². The van der Waals surface area contributed by atoms with Gasteiger partial charge >= 0.3 is 0 Å². The lowest BCUT2D eigenvalue weighted by Crippen LogP contribution is -2.36. The van der Waals surface area contributed by atoms with E-state index in [-0.39, 0.29) is 0 Å². The highest BCUT2D eigenvalue weighted by Gasteiger charge is 2.20. The molecule has 0 saturated carbocycles. The van der Waals surface area contributed by atoms with E-state index in [4.69, 9.17) is 5.26 Å². The average Bonchev–Trinajstić information content (AvgIpc) is 2.28. The Balaban J connectivity index is 2.37. The third-order valence-corrected chi connectivity index (χ3v) is 3.45. The van der Waals surface area contributed by atoms with Crippen LogP contribution in [0.1, 0.15) is 36.1 Å². The van der Waals surface area contributed by atoms with E-state index in [2.05, 4.69) is 37.8 Å². The van der Waals surface area contributed by atoms with Gasteiger partial charge in [0.05, 0.1) is 11.6 Å². The molecule has 1 aromatic rings. The summed E-state index contributed by atoms with van der Waals surface area (Å²) in [5, 5.41) is 8.94. The van der Waals surface area contributed by atoms with E-state index < -0.39 is 0 Å². The van der Waals surface area contributed by atoms with Crippen LogP contribution in [0.2, 0.25) is 0 Å². The molecule has 2 rings (SSSR count). The fourth-order valence-electron chi connectivity index (χ4n) is 2.39. The highest BCUT2D eigenvalue weighted by atomic mass is 15.1. The number of nitrogens with zero attached hydrogens (tertiary/aromatic N) is 2. The Morgan fingerprint density at radius 2 is 2.12 bits per heavy atom. The molecule has 0 spiro atoms. The molecule has 0 fully saturated rings. The monoisotopic (exact) mass is 214 g/mol. The van der Waals surface area contributed by atoms with Crippen LogP contribution in [0, 0.1) is 18.3 Å². The van der Waals surface area contributed by atoms with Crippen molar-refractivity contribution in [2.45, 2.75) is 39.8 Å². The van der Waals surface area contributed by atoms with E-state index in [0.29, 0.717) is 6.04 Å². The van der Waals surface area contributed by atoms with Crippen LogP contribution in [0.25, 0.3) is 0 Å². The van der Waals surface area contributed by atoms with Crippen molar-refractivity contribution in [2.75, 3.05) is 6.54 Å². The Hall–Kier alpha value is -1.33. The highest BCUT2D eigenvalue weighted by Crippen LogP contribution is 2.24. The van der Waals surface area contributed by atoms with Crippen LogP contribution in [0.3, 0.4) is 0 Å². The molecular weight excluding hydrogens is 196 g/mol. The van der Waals surface area contributed by atoms with E-state index in [1.165, 1.54) is 16.7 Å². The van der Waals surface area contributed by atoms with Crippen molar-refractivity contribution < 1.29 is 0 Å². The summed E-state index contributed by atoms with van der Waals surface area (Å²) in [5.74, 6) is 0. The molecule has 1 heterocycles. The number of hydrogen-bond acceptors (Lipinski definition) is 2. The molecule has 0 aliphatic carbocycles. The lowest BCUT2D eigenvalue weighted by Gasteiger charge is -2.32. The first-order chi connectivity index (χ1) is 7.61. The first kappa shape index (κ1) is 11.2. The molecule has 1 aromatic carbocycles. The number of fused-ring (bicyclic) bond motifs is 1. The molecule has 0 saturated heterocycles. The summed E-state index contributed by atoms with van der Waals surface area (Å²) in [4.78, 5) is 2.49. The first-order valence-electron chi connectivity index (χ1n) is 5.88. The van der Waals surface area contributed by atoms with Gasteiger partial charge in [-0.25, -0.2) is 0 Å². The maximum Gasteiger partial charge on any atom is 0.0991 e. The zero-order valence-corrected chi connectivity index (χ0v) is 10.2. The van der Waals surface area contributed by atoms with Gasteiger partial charge < -0.3 is 0 Å². The topological polar surface area (TPSA) is 27.0 Å². The first-order valence-corrected chi connectivity index (χ1v) is 5.88. The highest BCUT2D eigenvalue weighted by molar-refractivity contribution is 5.44. The molecule has 0 bridgehead atoms. The molecule has 0 aromatic heterocycles. The van der Waals surface area contributed by atoms with Gasteiger partial charge in [-0.05, 0) is 56.0 Å². The van der Waals surface area contributed by atoms with Gasteiger partial charge in [-0.15, -0.1) is 0 Å². The zero-order valence-electron chi connectivity index (χ0n) is 10.2. The smallest absolute Gasteiger partial charge is 0.0991 e. The van der Waals surface area contributed by atoms with Gasteiger partial charge in [0.25, 0.3) is 0 Å². The molecule has 1 aliphatic rings. The van der Waals surface area contributed by atoms with Gasteiger partial charge in [0, 0.05) is 19.1 Å². The Kier molecular flexibility index (Phi) is 2.98. The summed E-state index contributed by atoms with van der Waals surface area (Å²) in [5.41, 5.74) is 4.86. The van der Waals surface area contributed by atoms with E-state index >= 15 is 0 Å². The fraction of sp³-hybridized carbons (Fsp3) is 0.500. The van der Waals surface area contributed by atoms with Gasteiger partial charge in [0.2, 0.25) is 0 Å². The molecule has 84 valence electrons. The number of hydrogen-bond donors (Lipinski definition) is 0. The van der Waals surface area contributed by atoms with Gasteiger partial charge in [0.15, 0.2) is 0 Å². The molecule has 0 amide bonds. The quantitative estimate of drug-likeness (QED) is 0.718. The van der Waals surface area contributed by atoms with Crippen molar-refractivity contribution in [3.8, 4) is 6.07 Å². The second-order valence-corrected chi connectivity index (χ2v) is 4.86. The van der Waals surface area contributed by atoms with E-state index in [1.807, 2.05) is 6.07 Å². The minimum absolute atomic E-state index is 0.600. The Bertz CT molecular complexity index is 441. The normalized spacial score (nSPS) is 15.9. The van der Waals surface area contributed by atoms with Crippen LogP contribution < -0.4 is 0 Å². The number of rotatable bonds is 1. The number of aryl methyl sites for hydroxylation is 1. The summed E-state index contributed by atoms with van der Waals surface area (Å²) in [6.45, 7) is 8.74. The fourth-order valence-corrected chi connectivity index (χ4v) is 2.39. The largest absolute Gasteiger partial charge is 0.296 e. The van der Waals surface area contributed by atoms with Crippen LogP contribution in [0.4, 0.5) is 0 Å². The van der Waals surface area contributed by atoms with Crippen LogP contribution in [0.15, 0.2) is 12.1 Å².